The van der Waals surface area contributed by atoms with E-state index < -0.39 is 17.9 Å². The van der Waals surface area contributed by atoms with E-state index >= 15 is 0 Å². The lowest BCUT2D eigenvalue weighted by atomic mass is 9.46. The van der Waals surface area contributed by atoms with E-state index in [1.165, 1.54) is 24.8 Å². The second-order valence-electron chi connectivity index (χ2n) is 12.4. The first-order valence-electron chi connectivity index (χ1n) is 14.1. The highest BCUT2D eigenvalue weighted by atomic mass is 16.6. The molecule has 0 heterocycles. The van der Waals surface area contributed by atoms with Crippen LogP contribution in [0.25, 0.3) is 0 Å². The summed E-state index contributed by atoms with van der Waals surface area (Å²) >= 11 is 0. The van der Waals surface area contributed by atoms with Gasteiger partial charge in [-0.05, 0) is 98.5 Å². The van der Waals surface area contributed by atoms with Gasteiger partial charge in [-0.2, -0.15) is 0 Å². The molecule has 3 saturated carbocycles. The lowest BCUT2D eigenvalue weighted by Gasteiger charge is -2.58. The van der Waals surface area contributed by atoms with Gasteiger partial charge in [0.25, 0.3) is 5.91 Å². The van der Waals surface area contributed by atoms with Crippen LogP contribution in [0.1, 0.15) is 83.7 Å². The number of hydrogen-bond donors (Lipinski definition) is 2. The first kappa shape index (κ1) is 26.6. The Morgan fingerprint density at radius 1 is 1.05 bits per heavy atom. The third-order valence-electron chi connectivity index (χ3n) is 10.5. The quantitative estimate of drug-likeness (QED) is 0.464. The lowest BCUT2D eigenvalue weighted by molar-refractivity contribution is -0.142. The van der Waals surface area contributed by atoms with E-state index in [4.69, 9.17) is 4.84 Å². The SMILES string of the molecule is CC(=O)[C@H]1CC[C@H]2[C@@H]3CCC4=CC(=NOCC(=O)N[C@H](C(=O)O)c5ccccc5)CC[C@]4(C)[C@H]3CC[C@]12C. The van der Waals surface area contributed by atoms with Crippen LogP contribution in [-0.4, -0.2) is 35.1 Å². The summed E-state index contributed by atoms with van der Waals surface area (Å²) < 4.78 is 0. The van der Waals surface area contributed by atoms with Gasteiger partial charge >= 0.3 is 5.97 Å². The van der Waals surface area contributed by atoms with Gasteiger partial charge in [0.2, 0.25) is 0 Å². The first-order valence-corrected chi connectivity index (χ1v) is 14.1. The molecule has 0 aliphatic heterocycles. The Morgan fingerprint density at radius 3 is 2.53 bits per heavy atom. The fraction of sp³-hybridized carbons (Fsp3) is 0.613. The molecule has 0 aromatic heterocycles. The maximum Gasteiger partial charge on any atom is 0.330 e. The summed E-state index contributed by atoms with van der Waals surface area (Å²) in [5.41, 5.74) is 3.11. The predicted molar refractivity (Wildman–Crippen MR) is 144 cm³/mol. The minimum Gasteiger partial charge on any atom is -0.479 e. The van der Waals surface area contributed by atoms with E-state index in [2.05, 4.69) is 30.4 Å². The van der Waals surface area contributed by atoms with Crippen LogP contribution < -0.4 is 5.32 Å². The third kappa shape index (κ3) is 4.69. The summed E-state index contributed by atoms with van der Waals surface area (Å²) in [4.78, 5) is 41.8. The molecule has 0 unspecified atom stereocenters. The Morgan fingerprint density at radius 2 is 1.82 bits per heavy atom. The number of fused-ring (bicyclic) bond motifs is 5. The van der Waals surface area contributed by atoms with Gasteiger partial charge in [0.05, 0.1) is 5.71 Å². The number of hydrogen-bond acceptors (Lipinski definition) is 5. The van der Waals surface area contributed by atoms with E-state index in [1.54, 1.807) is 37.3 Å². The van der Waals surface area contributed by atoms with Crippen LogP contribution in [0.2, 0.25) is 0 Å². The smallest absolute Gasteiger partial charge is 0.330 e. The summed E-state index contributed by atoms with van der Waals surface area (Å²) in [7, 11) is 0. The number of carbonyl (C=O) groups excluding carboxylic acids is 2. The molecule has 7 nitrogen and oxygen atoms in total. The van der Waals surface area contributed by atoms with E-state index in [-0.39, 0.29) is 23.4 Å². The molecule has 7 heteroatoms. The topological polar surface area (TPSA) is 105 Å². The normalized spacial score (nSPS) is 35.8. The summed E-state index contributed by atoms with van der Waals surface area (Å²) in [6.45, 7) is 6.27. The van der Waals surface area contributed by atoms with E-state index in [0.29, 0.717) is 29.1 Å². The van der Waals surface area contributed by atoms with Gasteiger partial charge in [-0.1, -0.05) is 54.9 Å². The zero-order valence-corrected chi connectivity index (χ0v) is 22.7. The summed E-state index contributed by atoms with van der Waals surface area (Å²) in [6, 6.07) is 7.47. The molecule has 1 aromatic carbocycles. The number of nitrogens with zero attached hydrogens (tertiary/aromatic N) is 1. The second kappa shape index (κ2) is 10.3. The molecule has 7 atom stereocenters. The zero-order valence-electron chi connectivity index (χ0n) is 22.7. The molecular weight excluding hydrogens is 480 g/mol. The van der Waals surface area contributed by atoms with E-state index in [9.17, 15) is 19.5 Å². The standard InChI is InChI=1S/C31H40N2O5/c1-19(34)24-11-12-25-23-10-9-21-17-22(13-15-30(21,2)26(23)14-16-31(24,25)3)33-38-18-27(35)32-28(29(36)37)20-7-5-4-6-8-20/h4-8,17,23-26,28H,9-16,18H2,1-3H3,(H,32,35)(H,36,37)/t23-,24+,25-,26-,28-,30-,31+/m0/s1. The molecule has 5 rings (SSSR count). The van der Waals surface area contributed by atoms with Crippen molar-refractivity contribution in [2.75, 3.05) is 6.61 Å². The van der Waals surface area contributed by atoms with Crippen molar-refractivity contribution in [3.05, 3.63) is 47.5 Å². The van der Waals surface area contributed by atoms with Crippen LogP contribution in [-0.2, 0) is 19.2 Å². The Hall–Kier alpha value is -2.96. The third-order valence-corrected chi connectivity index (χ3v) is 10.5. The highest BCUT2D eigenvalue weighted by Gasteiger charge is 2.59. The molecule has 0 radical (unpaired) electrons. The molecule has 204 valence electrons. The van der Waals surface area contributed by atoms with Crippen LogP contribution in [0, 0.1) is 34.5 Å². The molecule has 2 N–H and O–H groups in total. The predicted octanol–water partition coefficient (Wildman–Crippen LogP) is 5.47. The van der Waals surface area contributed by atoms with Crippen molar-refractivity contribution in [3.8, 4) is 0 Å². The van der Waals surface area contributed by atoms with E-state index in [1.807, 2.05) is 0 Å². The first-order chi connectivity index (χ1) is 18.1. The zero-order chi connectivity index (χ0) is 27.1. The number of nitrogens with one attached hydrogen (secondary N) is 1. The number of amides is 1. The number of carbonyl (C=O) groups is 3. The molecule has 38 heavy (non-hydrogen) atoms. The molecule has 4 aliphatic rings. The van der Waals surface area contributed by atoms with Gasteiger partial charge in [0.1, 0.15) is 5.78 Å². The Bertz CT molecular complexity index is 1160. The Labute approximate surface area is 225 Å². The van der Waals surface area contributed by atoms with Crippen LogP contribution in [0.5, 0.6) is 0 Å². The molecule has 0 spiro atoms. The molecule has 0 saturated heterocycles. The minimum absolute atomic E-state index is 0.152. The summed E-state index contributed by atoms with van der Waals surface area (Å²) in [5, 5.41) is 16.3. The molecule has 1 amide bonds. The molecular formula is C31H40N2O5. The second-order valence-corrected chi connectivity index (χ2v) is 12.4. The molecule has 1 aromatic rings. The van der Waals surface area contributed by atoms with Gasteiger partial charge < -0.3 is 15.3 Å². The average Bonchev–Trinajstić information content (AvgIpc) is 3.25. The van der Waals surface area contributed by atoms with Crippen molar-refractivity contribution in [1.29, 1.82) is 0 Å². The molecule has 0 bridgehead atoms. The van der Waals surface area contributed by atoms with Gasteiger partial charge in [-0.3, -0.25) is 9.59 Å². The number of oxime groups is 1. The fourth-order valence-electron chi connectivity index (χ4n) is 8.62. The Kier molecular flexibility index (Phi) is 7.23. The van der Waals surface area contributed by atoms with Crippen molar-refractivity contribution in [2.24, 2.45) is 39.7 Å². The molecule has 3 fully saturated rings. The van der Waals surface area contributed by atoms with Crippen molar-refractivity contribution < 1.29 is 24.3 Å². The number of rotatable bonds is 7. The lowest BCUT2D eigenvalue weighted by Crippen LogP contribution is -2.51. The molecule has 4 aliphatic carbocycles. The van der Waals surface area contributed by atoms with Crippen LogP contribution >= 0.6 is 0 Å². The highest BCUT2D eigenvalue weighted by Crippen LogP contribution is 2.66. The van der Waals surface area contributed by atoms with Crippen molar-refractivity contribution >= 4 is 23.4 Å². The number of aliphatic carboxylic acids is 1. The monoisotopic (exact) mass is 520 g/mol. The van der Waals surface area contributed by atoms with Crippen molar-refractivity contribution in [2.45, 2.75) is 78.2 Å². The average molecular weight is 521 g/mol. The van der Waals surface area contributed by atoms with Crippen LogP contribution in [0.15, 0.2) is 47.1 Å². The fourth-order valence-corrected chi connectivity index (χ4v) is 8.62. The van der Waals surface area contributed by atoms with Gasteiger partial charge in [0.15, 0.2) is 12.6 Å². The van der Waals surface area contributed by atoms with Gasteiger partial charge in [0, 0.05) is 5.92 Å². The van der Waals surface area contributed by atoms with Crippen molar-refractivity contribution in [3.63, 3.8) is 0 Å². The number of allylic oxidation sites excluding steroid dienone is 2. The minimum atomic E-state index is -1.13. The number of carboxylic acid groups (broad SMARTS) is 1. The maximum absolute atomic E-state index is 12.4. The Balaban J connectivity index is 1.22. The van der Waals surface area contributed by atoms with Crippen LogP contribution in [0.3, 0.4) is 0 Å². The number of carboxylic acids is 1. The van der Waals surface area contributed by atoms with Crippen LogP contribution in [0.4, 0.5) is 0 Å². The van der Waals surface area contributed by atoms with Crippen molar-refractivity contribution in [1.82, 2.24) is 5.32 Å². The summed E-state index contributed by atoms with van der Waals surface area (Å²) in [5.74, 6) is 0.940. The van der Waals surface area contributed by atoms with Gasteiger partial charge in [-0.15, -0.1) is 0 Å². The number of Topliss-reactive ketones (excluding diaryl/α,β-unsaturated/α-hetero) is 1. The highest BCUT2D eigenvalue weighted by molar-refractivity contribution is 5.96. The number of ketones is 1. The largest absolute Gasteiger partial charge is 0.479 e. The maximum atomic E-state index is 12.4. The van der Waals surface area contributed by atoms with E-state index in [0.717, 1.165) is 37.8 Å². The number of benzene rings is 1. The summed E-state index contributed by atoms with van der Waals surface area (Å²) in [6.07, 6.45) is 10.8. The van der Waals surface area contributed by atoms with Gasteiger partial charge in [-0.25, -0.2) is 4.79 Å².